The Hall–Kier alpha value is -1.58. The molecule has 0 bridgehead atoms. The molecule has 0 amide bonds. The number of hydrogen-bond donors (Lipinski definition) is 0. The molecule has 0 N–H and O–H groups in total. The molecule has 2 heterocycles. The third-order valence-corrected chi connectivity index (χ3v) is 3.74. The SMILES string of the molecule is CC(Cl)c1nc2cccnc2n1Cc1ccccc1Cl. The molecule has 0 aliphatic heterocycles. The fraction of sp³-hybridized carbons (Fsp3) is 0.200. The van der Waals surface area contributed by atoms with Crippen molar-refractivity contribution >= 4 is 34.4 Å². The average molecular weight is 306 g/mol. The van der Waals surface area contributed by atoms with E-state index in [-0.39, 0.29) is 5.38 Å². The minimum absolute atomic E-state index is 0.188. The normalized spacial score (nSPS) is 12.8. The van der Waals surface area contributed by atoms with Gasteiger partial charge in [0.15, 0.2) is 5.65 Å². The predicted molar refractivity (Wildman–Crippen MR) is 82.4 cm³/mol. The molecule has 1 aromatic carbocycles. The van der Waals surface area contributed by atoms with E-state index < -0.39 is 0 Å². The summed E-state index contributed by atoms with van der Waals surface area (Å²) in [6.07, 6.45) is 1.76. The second kappa shape index (κ2) is 5.43. The average Bonchev–Trinajstić information content (AvgIpc) is 2.81. The van der Waals surface area contributed by atoms with Crippen molar-refractivity contribution in [3.8, 4) is 0 Å². The highest BCUT2D eigenvalue weighted by Gasteiger charge is 2.16. The Morgan fingerprint density at radius 3 is 2.75 bits per heavy atom. The van der Waals surface area contributed by atoms with Crippen LogP contribution in [0.3, 0.4) is 0 Å². The molecule has 1 atom stereocenters. The predicted octanol–water partition coefficient (Wildman–Crippen LogP) is 4.43. The number of hydrogen-bond acceptors (Lipinski definition) is 2. The van der Waals surface area contributed by atoms with E-state index in [0.717, 1.165) is 27.6 Å². The van der Waals surface area contributed by atoms with E-state index in [9.17, 15) is 0 Å². The molecule has 3 nitrogen and oxygen atoms in total. The molecule has 2 aromatic heterocycles. The van der Waals surface area contributed by atoms with Gasteiger partial charge in [0.25, 0.3) is 0 Å². The highest BCUT2D eigenvalue weighted by molar-refractivity contribution is 6.31. The number of alkyl halides is 1. The first kappa shape index (κ1) is 13.4. The smallest absolute Gasteiger partial charge is 0.160 e. The van der Waals surface area contributed by atoms with Crippen molar-refractivity contribution < 1.29 is 0 Å². The van der Waals surface area contributed by atoms with Gasteiger partial charge >= 0.3 is 0 Å². The summed E-state index contributed by atoms with van der Waals surface area (Å²) in [5.74, 6) is 0.806. The first-order chi connectivity index (χ1) is 9.66. The number of benzene rings is 1. The van der Waals surface area contributed by atoms with Crippen LogP contribution in [0.25, 0.3) is 11.2 Å². The molecule has 0 fully saturated rings. The Kier molecular flexibility index (Phi) is 3.64. The van der Waals surface area contributed by atoms with Gasteiger partial charge in [-0.05, 0) is 30.7 Å². The van der Waals surface area contributed by atoms with Gasteiger partial charge in [0, 0.05) is 11.2 Å². The monoisotopic (exact) mass is 305 g/mol. The van der Waals surface area contributed by atoms with Gasteiger partial charge in [0.05, 0.1) is 11.9 Å². The zero-order chi connectivity index (χ0) is 14.1. The van der Waals surface area contributed by atoms with Crippen LogP contribution in [0, 0.1) is 0 Å². The zero-order valence-corrected chi connectivity index (χ0v) is 12.4. The van der Waals surface area contributed by atoms with Gasteiger partial charge in [-0.2, -0.15) is 0 Å². The second-order valence-electron chi connectivity index (χ2n) is 4.61. The van der Waals surface area contributed by atoms with E-state index in [2.05, 4.69) is 9.97 Å². The third-order valence-electron chi connectivity index (χ3n) is 3.18. The second-order valence-corrected chi connectivity index (χ2v) is 5.67. The maximum Gasteiger partial charge on any atom is 0.160 e. The van der Waals surface area contributed by atoms with Gasteiger partial charge in [-0.1, -0.05) is 29.8 Å². The van der Waals surface area contributed by atoms with Crippen molar-refractivity contribution in [2.24, 2.45) is 0 Å². The summed E-state index contributed by atoms with van der Waals surface area (Å²) in [6.45, 7) is 2.52. The molecular formula is C15H13Cl2N3. The fourth-order valence-electron chi connectivity index (χ4n) is 2.23. The maximum atomic E-state index is 6.24. The summed E-state index contributed by atoms with van der Waals surface area (Å²) in [5, 5.41) is 0.546. The Morgan fingerprint density at radius 1 is 1.20 bits per heavy atom. The van der Waals surface area contributed by atoms with E-state index in [1.807, 2.05) is 47.9 Å². The van der Waals surface area contributed by atoms with E-state index >= 15 is 0 Å². The molecule has 0 saturated heterocycles. The van der Waals surface area contributed by atoms with E-state index in [1.165, 1.54) is 0 Å². The first-order valence-electron chi connectivity index (χ1n) is 6.35. The Morgan fingerprint density at radius 2 is 2.00 bits per heavy atom. The number of halogens is 2. The lowest BCUT2D eigenvalue weighted by Crippen LogP contribution is -2.06. The van der Waals surface area contributed by atoms with E-state index in [0.29, 0.717) is 6.54 Å². The van der Waals surface area contributed by atoms with Crippen LogP contribution < -0.4 is 0 Å². The van der Waals surface area contributed by atoms with Crippen LogP contribution in [0.5, 0.6) is 0 Å². The lowest BCUT2D eigenvalue weighted by Gasteiger charge is -2.11. The summed E-state index contributed by atoms with van der Waals surface area (Å²) in [4.78, 5) is 8.97. The molecule has 0 aliphatic rings. The van der Waals surface area contributed by atoms with Crippen molar-refractivity contribution in [2.45, 2.75) is 18.8 Å². The third kappa shape index (κ3) is 2.39. The lowest BCUT2D eigenvalue weighted by atomic mass is 10.2. The summed E-state index contributed by atoms with van der Waals surface area (Å²) < 4.78 is 2.02. The molecular weight excluding hydrogens is 293 g/mol. The summed E-state index contributed by atoms with van der Waals surface area (Å²) in [6, 6.07) is 11.6. The molecule has 20 heavy (non-hydrogen) atoms. The van der Waals surface area contributed by atoms with Gasteiger partial charge in [0.1, 0.15) is 11.3 Å². The van der Waals surface area contributed by atoms with Crippen LogP contribution in [0.15, 0.2) is 42.6 Å². The lowest BCUT2D eigenvalue weighted by molar-refractivity contribution is 0.736. The van der Waals surface area contributed by atoms with Crippen LogP contribution in [-0.4, -0.2) is 14.5 Å². The number of imidazole rings is 1. The topological polar surface area (TPSA) is 30.7 Å². The van der Waals surface area contributed by atoms with E-state index in [4.69, 9.17) is 23.2 Å². The summed E-state index contributed by atoms with van der Waals surface area (Å²) in [5.41, 5.74) is 2.70. The molecule has 1 unspecified atom stereocenters. The molecule has 0 spiro atoms. The standard InChI is InChI=1S/C15H13Cl2N3/c1-10(16)14-19-13-7-4-8-18-15(13)20(14)9-11-5-2-3-6-12(11)17/h2-8,10H,9H2,1H3. The molecule has 3 aromatic rings. The largest absolute Gasteiger partial charge is 0.307 e. The van der Waals surface area contributed by atoms with Crippen molar-refractivity contribution in [1.82, 2.24) is 14.5 Å². The molecule has 102 valence electrons. The fourth-order valence-corrected chi connectivity index (χ4v) is 2.59. The Balaban J connectivity index is 2.14. The van der Waals surface area contributed by atoms with Crippen molar-refractivity contribution in [3.05, 3.63) is 59.0 Å². The number of nitrogens with zero attached hydrogens (tertiary/aromatic N) is 3. The Bertz CT molecular complexity index is 750. The van der Waals surface area contributed by atoms with Crippen LogP contribution in [-0.2, 0) is 6.54 Å². The van der Waals surface area contributed by atoms with Crippen molar-refractivity contribution in [2.75, 3.05) is 0 Å². The summed E-state index contributed by atoms with van der Waals surface area (Å²) in [7, 11) is 0. The quantitative estimate of drug-likeness (QED) is 0.670. The van der Waals surface area contributed by atoms with Crippen LogP contribution in [0.2, 0.25) is 5.02 Å². The molecule has 0 saturated carbocycles. The number of pyridine rings is 1. The van der Waals surface area contributed by atoms with Gasteiger partial charge in [-0.25, -0.2) is 9.97 Å². The van der Waals surface area contributed by atoms with Crippen LogP contribution in [0.1, 0.15) is 23.7 Å². The zero-order valence-electron chi connectivity index (χ0n) is 10.9. The minimum atomic E-state index is -0.188. The van der Waals surface area contributed by atoms with Crippen molar-refractivity contribution in [1.29, 1.82) is 0 Å². The molecule has 0 aliphatic carbocycles. The number of fused-ring (bicyclic) bond motifs is 1. The Labute approximate surface area is 127 Å². The first-order valence-corrected chi connectivity index (χ1v) is 7.17. The molecule has 3 rings (SSSR count). The van der Waals surface area contributed by atoms with Crippen molar-refractivity contribution in [3.63, 3.8) is 0 Å². The highest BCUT2D eigenvalue weighted by Crippen LogP contribution is 2.26. The number of aromatic nitrogens is 3. The highest BCUT2D eigenvalue weighted by atomic mass is 35.5. The molecule has 5 heteroatoms. The molecule has 0 radical (unpaired) electrons. The summed E-state index contributed by atoms with van der Waals surface area (Å²) >= 11 is 12.5. The number of rotatable bonds is 3. The van der Waals surface area contributed by atoms with Gasteiger partial charge < -0.3 is 4.57 Å². The van der Waals surface area contributed by atoms with E-state index in [1.54, 1.807) is 6.20 Å². The van der Waals surface area contributed by atoms with Crippen LogP contribution >= 0.6 is 23.2 Å². The van der Waals surface area contributed by atoms with Gasteiger partial charge in [0.2, 0.25) is 0 Å². The minimum Gasteiger partial charge on any atom is -0.307 e. The van der Waals surface area contributed by atoms with Crippen LogP contribution in [0.4, 0.5) is 0 Å². The van der Waals surface area contributed by atoms with Gasteiger partial charge in [-0.3, -0.25) is 0 Å². The van der Waals surface area contributed by atoms with Gasteiger partial charge in [-0.15, -0.1) is 11.6 Å². The maximum absolute atomic E-state index is 6.24.